The van der Waals surface area contributed by atoms with E-state index in [1.165, 1.54) is 6.33 Å². The summed E-state index contributed by atoms with van der Waals surface area (Å²) in [6.07, 6.45) is 6.68. The fourth-order valence-electron chi connectivity index (χ4n) is 1.91. The third-order valence-electron chi connectivity index (χ3n) is 2.84. The topological polar surface area (TPSA) is 55.6 Å². The van der Waals surface area contributed by atoms with Gasteiger partial charge in [-0.3, -0.25) is 4.98 Å². The van der Waals surface area contributed by atoms with Crippen LogP contribution in [0.1, 0.15) is 5.56 Å². The van der Waals surface area contributed by atoms with Crippen molar-refractivity contribution in [2.45, 2.75) is 6.54 Å². The van der Waals surface area contributed by atoms with Gasteiger partial charge in [0.2, 0.25) is 0 Å². The van der Waals surface area contributed by atoms with Gasteiger partial charge < -0.3 is 5.32 Å². The standard InChI is InChI=1S/C14H12ClN5/c15-12-4-1-5-13(14(12)20-10-17-9-19-20)18-8-11-3-2-6-16-7-11/h1-7,9-10,18H,8H2. The van der Waals surface area contributed by atoms with Crippen molar-refractivity contribution in [2.75, 3.05) is 5.32 Å². The first kappa shape index (κ1) is 12.6. The van der Waals surface area contributed by atoms with Crippen molar-refractivity contribution in [3.05, 3.63) is 66.0 Å². The first-order chi connectivity index (χ1) is 9.84. The minimum absolute atomic E-state index is 0.617. The van der Waals surface area contributed by atoms with E-state index in [2.05, 4.69) is 20.4 Å². The highest BCUT2D eigenvalue weighted by Gasteiger charge is 2.09. The van der Waals surface area contributed by atoms with Crippen molar-refractivity contribution in [3.63, 3.8) is 0 Å². The number of para-hydroxylation sites is 1. The molecular formula is C14H12ClN5. The van der Waals surface area contributed by atoms with E-state index in [4.69, 9.17) is 11.6 Å². The summed E-state index contributed by atoms with van der Waals surface area (Å²) in [5, 5.41) is 8.09. The zero-order valence-corrected chi connectivity index (χ0v) is 11.3. The molecule has 2 heterocycles. The molecule has 1 aromatic carbocycles. The van der Waals surface area contributed by atoms with Gasteiger partial charge in [-0.1, -0.05) is 23.7 Å². The summed E-state index contributed by atoms with van der Waals surface area (Å²) in [7, 11) is 0. The molecule has 0 saturated heterocycles. The molecule has 3 rings (SSSR count). The SMILES string of the molecule is Clc1cccc(NCc2cccnc2)c1-n1cncn1. The van der Waals surface area contributed by atoms with Gasteiger partial charge in [-0.2, -0.15) is 5.10 Å². The lowest BCUT2D eigenvalue weighted by Gasteiger charge is -2.13. The summed E-state index contributed by atoms with van der Waals surface area (Å²) in [6.45, 7) is 0.663. The van der Waals surface area contributed by atoms with Gasteiger partial charge >= 0.3 is 0 Å². The van der Waals surface area contributed by atoms with Crippen LogP contribution in [0.15, 0.2) is 55.4 Å². The van der Waals surface area contributed by atoms with E-state index in [9.17, 15) is 0 Å². The van der Waals surface area contributed by atoms with Gasteiger partial charge in [0.05, 0.1) is 10.7 Å². The molecule has 0 aliphatic carbocycles. The Kier molecular flexibility index (Phi) is 3.60. The van der Waals surface area contributed by atoms with Crippen molar-refractivity contribution >= 4 is 17.3 Å². The largest absolute Gasteiger partial charge is 0.379 e. The third kappa shape index (κ3) is 2.62. The summed E-state index contributed by atoms with van der Waals surface area (Å²) >= 11 is 6.26. The number of hydrogen-bond acceptors (Lipinski definition) is 4. The highest BCUT2D eigenvalue weighted by atomic mass is 35.5. The molecule has 0 saturated carbocycles. The van der Waals surface area contributed by atoms with Gasteiger partial charge in [-0.05, 0) is 23.8 Å². The van der Waals surface area contributed by atoms with Crippen LogP contribution < -0.4 is 5.32 Å². The maximum absolute atomic E-state index is 6.26. The molecule has 5 nitrogen and oxygen atoms in total. The number of benzene rings is 1. The quantitative estimate of drug-likeness (QED) is 0.801. The highest BCUT2D eigenvalue weighted by Crippen LogP contribution is 2.27. The predicted octanol–water partition coefficient (Wildman–Crippen LogP) is 2.93. The summed E-state index contributed by atoms with van der Waals surface area (Å²) in [5.74, 6) is 0. The molecular weight excluding hydrogens is 274 g/mol. The van der Waals surface area contributed by atoms with Gasteiger partial charge in [-0.15, -0.1) is 0 Å². The lowest BCUT2D eigenvalue weighted by molar-refractivity contribution is 0.878. The molecule has 0 aliphatic rings. The molecule has 0 spiro atoms. The van der Waals surface area contributed by atoms with Gasteiger partial charge in [0, 0.05) is 18.9 Å². The van der Waals surface area contributed by atoms with Crippen LogP contribution >= 0.6 is 11.6 Å². The molecule has 100 valence electrons. The Balaban J connectivity index is 1.88. The molecule has 20 heavy (non-hydrogen) atoms. The third-order valence-corrected chi connectivity index (χ3v) is 3.15. The average molecular weight is 286 g/mol. The molecule has 2 aromatic heterocycles. The van der Waals surface area contributed by atoms with Crippen LogP contribution in [0.3, 0.4) is 0 Å². The summed E-state index contributed by atoms with van der Waals surface area (Å²) in [4.78, 5) is 8.05. The summed E-state index contributed by atoms with van der Waals surface area (Å²) < 4.78 is 1.65. The van der Waals surface area contributed by atoms with E-state index in [0.717, 1.165) is 16.9 Å². The molecule has 1 N–H and O–H groups in total. The maximum atomic E-state index is 6.26. The Hall–Kier alpha value is -2.40. The Morgan fingerprint density at radius 3 is 2.85 bits per heavy atom. The van der Waals surface area contributed by atoms with Crippen LogP contribution in [0.25, 0.3) is 5.69 Å². The van der Waals surface area contributed by atoms with Crippen LogP contribution in [-0.4, -0.2) is 19.7 Å². The van der Waals surface area contributed by atoms with E-state index < -0.39 is 0 Å². The number of nitrogens with one attached hydrogen (secondary N) is 1. The number of anilines is 1. The number of aromatic nitrogens is 4. The van der Waals surface area contributed by atoms with E-state index >= 15 is 0 Å². The second-order valence-corrected chi connectivity index (χ2v) is 4.60. The van der Waals surface area contributed by atoms with Crippen molar-refractivity contribution in [1.82, 2.24) is 19.7 Å². The molecule has 0 unspecified atom stereocenters. The molecule has 0 radical (unpaired) electrons. The van der Waals surface area contributed by atoms with Crippen LogP contribution in [-0.2, 0) is 6.54 Å². The van der Waals surface area contributed by atoms with Gasteiger partial charge in [-0.25, -0.2) is 9.67 Å². The Labute approximate surface area is 121 Å². The van der Waals surface area contributed by atoms with E-state index in [-0.39, 0.29) is 0 Å². The van der Waals surface area contributed by atoms with Gasteiger partial charge in [0.15, 0.2) is 0 Å². The second-order valence-electron chi connectivity index (χ2n) is 4.19. The van der Waals surface area contributed by atoms with Crippen LogP contribution in [0.2, 0.25) is 5.02 Å². The van der Waals surface area contributed by atoms with Crippen molar-refractivity contribution in [2.24, 2.45) is 0 Å². The van der Waals surface area contributed by atoms with Crippen LogP contribution in [0.5, 0.6) is 0 Å². The highest BCUT2D eigenvalue weighted by molar-refractivity contribution is 6.33. The Morgan fingerprint density at radius 1 is 1.15 bits per heavy atom. The molecule has 6 heteroatoms. The molecule has 0 atom stereocenters. The number of hydrogen-bond donors (Lipinski definition) is 1. The van der Waals surface area contributed by atoms with E-state index in [1.54, 1.807) is 17.2 Å². The molecule has 3 aromatic rings. The normalized spacial score (nSPS) is 10.4. The van der Waals surface area contributed by atoms with Crippen molar-refractivity contribution in [1.29, 1.82) is 0 Å². The maximum Gasteiger partial charge on any atom is 0.138 e. The van der Waals surface area contributed by atoms with Crippen molar-refractivity contribution < 1.29 is 0 Å². The fourth-order valence-corrected chi connectivity index (χ4v) is 2.18. The van der Waals surface area contributed by atoms with Gasteiger partial charge in [0.1, 0.15) is 18.3 Å². The summed E-state index contributed by atoms with van der Waals surface area (Å²) in [5.41, 5.74) is 2.78. The Bertz CT molecular complexity index is 682. The minimum Gasteiger partial charge on any atom is -0.379 e. The first-order valence-electron chi connectivity index (χ1n) is 6.11. The number of halogens is 1. The van der Waals surface area contributed by atoms with Crippen LogP contribution in [0.4, 0.5) is 5.69 Å². The smallest absolute Gasteiger partial charge is 0.138 e. The first-order valence-corrected chi connectivity index (χ1v) is 6.48. The lowest BCUT2D eigenvalue weighted by atomic mass is 10.2. The van der Waals surface area contributed by atoms with E-state index in [1.807, 2.05) is 36.5 Å². The predicted molar refractivity (Wildman–Crippen MR) is 77.9 cm³/mol. The zero-order valence-electron chi connectivity index (χ0n) is 10.6. The number of nitrogens with zero attached hydrogens (tertiary/aromatic N) is 4. The average Bonchev–Trinajstić information content (AvgIpc) is 3.00. The minimum atomic E-state index is 0.617. The number of pyridine rings is 1. The van der Waals surface area contributed by atoms with Crippen LogP contribution in [0, 0.1) is 0 Å². The summed E-state index contributed by atoms with van der Waals surface area (Å²) in [6, 6.07) is 9.61. The molecule has 0 fully saturated rings. The molecule has 0 bridgehead atoms. The lowest BCUT2D eigenvalue weighted by Crippen LogP contribution is -2.05. The molecule has 0 amide bonds. The zero-order chi connectivity index (χ0) is 13.8. The van der Waals surface area contributed by atoms with Gasteiger partial charge in [0.25, 0.3) is 0 Å². The van der Waals surface area contributed by atoms with Crippen molar-refractivity contribution in [3.8, 4) is 5.69 Å². The second kappa shape index (κ2) is 5.71. The Morgan fingerprint density at radius 2 is 2.10 bits per heavy atom. The monoisotopic (exact) mass is 285 g/mol. The van der Waals surface area contributed by atoms with E-state index in [0.29, 0.717) is 11.6 Å². The number of rotatable bonds is 4. The molecule has 0 aliphatic heterocycles. The fraction of sp³-hybridized carbons (Fsp3) is 0.0714.